The molecule has 0 saturated heterocycles. The summed E-state index contributed by atoms with van der Waals surface area (Å²) in [6.07, 6.45) is 8.17. The van der Waals surface area contributed by atoms with Crippen LogP contribution < -0.4 is 14.8 Å². The largest absolute Gasteiger partial charge is 0.493 e. The summed E-state index contributed by atoms with van der Waals surface area (Å²) in [5.74, 6) is 2.51. The average Bonchev–Trinajstić information content (AvgIpc) is 2.69. The van der Waals surface area contributed by atoms with Gasteiger partial charge in [-0.2, -0.15) is 0 Å². The van der Waals surface area contributed by atoms with E-state index in [9.17, 15) is 0 Å². The zero-order chi connectivity index (χ0) is 21.7. The van der Waals surface area contributed by atoms with Crippen molar-refractivity contribution in [1.29, 1.82) is 0 Å². The standard InChI is InChI=1S/C27H34BrNO2/c1-25-11-20-12-26(2,16-25)18-27(13-20,17-25)29-14-21-9-22(28)10-23(30-3)24(21)31-15-19-7-5-4-6-8-19/h4-10,20,29H,11-18H2,1-3H3/t20?,25-,26+,27?. The fourth-order valence-electron chi connectivity index (χ4n) is 7.73. The molecule has 4 aliphatic rings. The van der Waals surface area contributed by atoms with Crippen LogP contribution in [0.25, 0.3) is 0 Å². The molecule has 0 spiro atoms. The van der Waals surface area contributed by atoms with Crippen molar-refractivity contribution in [1.82, 2.24) is 5.32 Å². The van der Waals surface area contributed by atoms with Gasteiger partial charge in [0.05, 0.1) is 7.11 Å². The van der Waals surface area contributed by atoms with E-state index < -0.39 is 0 Å². The molecule has 3 nitrogen and oxygen atoms in total. The molecule has 2 aromatic rings. The Labute approximate surface area is 195 Å². The lowest BCUT2D eigenvalue weighted by molar-refractivity contribution is -0.118. The Morgan fingerprint density at radius 3 is 2.35 bits per heavy atom. The molecular weight excluding hydrogens is 450 g/mol. The van der Waals surface area contributed by atoms with E-state index >= 15 is 0 Å². The predicted molar refractivity (Wildman–Crippen MR) is 128 cm³/mol. The van der Waals surface area contributed by atoms with Crippen LogP contribution >= 0.6 is 15.9 Å². The molecule has 6 rings (SSSR count). The van der Waals surface area contributed by atoms with Gasteiger partial charge in [0.1, 0.15) is 6.61 Å². The van der Waals surface area contributed by atoms with E-state index in [0.29, 0.717) is 17.4 Å². The molecule has 0 amide bonds. The van der Waals surface area contributed by atoms with Gasteiger partial charge < -0.3 is 14.8 Å². The Kier molecular flexibility index (Phi) is 5.37. The third kappa shape index (κ3) is 4.26. The van der Waals surface area contributed by atoms with Crippen molar-refractivity contribution in [3.63, 3.8) is 0 Å². The summed E-state index contributed by atoms with van der Waals surface area (Å²) >= 11 is 3.67. The van der Waals surface area contributed by atoms with E-state index in [1.165, 1.54) is 38.5 Å². The van der Waals surface area contributed by atoms with Crippen LogP contribution in [0.5, 0.6) is 11.5 Å². The normalized spacial score (nSPS) is 33.5. The molecule has 0 radical (unpaired) electrons. The number of benzene rings is 2. The van der Waals surface area contributed by atoms with E-state index in [2.05, 4.69) is 53.3 Å². The number of methoxy groups -OCH3 is 1. The lowest BCUT2D eigenvalue weighted by atomic mass is 9.43. The van der Waals surface area contributed by atoms with E-state index in [4.69, 9.17) is 9.47 Å². The second-order valence-corrected chi connectivity index (χ2v) is 12.1. The van der Waals surface area contributed by atoms with Crippen LogP contribution in [0.4, 0.5) is 0 Å². The first kappa shape index (κ1) is 21.3. The molecule has 2 unspecified atom stereocenters. The Balaban J connectivity index is 1.38. The van der Waals surface area contributed by atoms with Gasteiger partial charge >= 0.3 is 0 Å². The van der Waals surface area contributed by atoms with Crippen molar-refractivity contribution in [3.05, 3.63) is 58.1 Å². The summed E-state index contributed by atoms with van der Waals surface area (Å²) in [6, 6.07) is 14.5. The smallest absolute Gasteiger partial charge is 0.166 e. The minimum atomic E-state index is 0.259. The molecule has 31 heavy (non-hydrogen) atoms. The van der Waals surface area contributed by atoms with Gasteiger partial charge in [0.2, 0.25) is 0 Å². The molecule has 4 atom stereocenters. The second kappa shape index (κ2) is 7.81. The molecule has 4 bridgehead atoms. The molecule has 166 valence electrons. The monoisotopic (exact) mass is 483 g/mol. The van der Waals surface area contributed by atoms with E-state index in [-0.39, 0.29) is 5.54 Å². The lowest BCUT2D eigenvalue weighted by Gasteiger charge is -2.65. The maximum Gasteiger partial charge on any atom is 0.166 e. The van der Waals surface area contributed by atoms with Crippen LogP contribution in [-0.4, -0.2) is 12.6 Å². The average molecular weight is 484 g/mol. The van der Waals surface area contributed by atoms with Crippen molar-refractivity contribution >= 4 is 15.9 Å². The van der Waals surface area contributed by atoms with Crippen LogP contribution in [0.15, 0.2) is 46.9 Å². The fraction of sp³-hybridized carbons (Fsp3) is 0.556. The topological polar surface area (TPSA) is 30.5 Å². The summed E-state index contributed by atoms with van der Waals surface area (Å²) < 4.78 is 13.1. The molecule has 4 aliphatic carbocycles. The van der Waals surface area contributed by atoms with E-state index in [1.54, 1.807) is 7.11 Å². The van der Waals surface area contributed by atoms with Gasteiger partial charge in [-0.25, -0.2) is 0 Å². The Morgan fingerprint density at radius 1 is 1.00 bits per heavy atom. The predicted octanol–water partition coefficient (Wildman–Crippen LogP) is 6.88. The summed E-state index contributed by atoms with van der Waals surface area (Å²) in [5, 5.41) is 4.05. The van der Waals surface area contributed by atoms with Crippen molar-refractivity contribution in [2.75, 3.05) is 7.11 Å². The highest BCUT2D eigenvalue weighted by atomic mass is 79.9. The number of ether oxygens (including phenoxy) is 2. The molecule has 4 saturated carbocycles. The third-order valence-corrected chi connectivity index (χ3v) is 8.28. The Bertz CT molecular complexity index is 941. The van der Waals surface area contributed by atoms with E-state index in [1.807, 2.05) is 24.3 Å². The molecule has 0 heterocycles. The fourth-order valence-corrected chi connectivity index (χ4v) is 8.21. The number of halogens is 1. The summed E-state index contributed by atoms with van der Waals surface area (Å²) in [4.78, 5) is 0. The van der Waals surface area contributed by atoms with Gasteiger partial charge in [0, 0.05) is 22.1 Å². The zero-order valence-electron chi connectivity index (χ0n) is 19.0. The summed E-state index contributed by atoms with van der Waals surface area (Å²) in [6.45, 7) is 6.40. The van der Waals surface area contributed by atoms with E-state index in [0.717, 1.165) is 39.6 Å². The van der Waals surface area contributed by atoms with Crippen molar-refractivity contribution < 1.29 is 9.47 Å². The first-order valence-corrected chi connectivity index (χ1v) is 12.4. The third-order valence-electron chi connectivity index (χ3n) is 7.82. The number of nitrogens with one attached hydrogen (secondary N) is 1. The Hall–Kier alpha value is -1.52. The van der Waals surface area contributed by atoms with Crippen LogP contribution in [-0.2, 0) is 13.2 Å². The second-order valence-electron chi connectivity index (χ2n) is 11.1. The molecule has 4 fully saturated rings. The van der Waals surface area contributed by atoms with Gasteiger partial charge in [-0.3, -0.25) is 0 Å². The highest BCUT2D eigenvalue weighted by Gasteiger charge is 2.59. The number of hydrogen-bond donors (Lipinski definition) is 1. The lowest BCUT2D eigenvalue weighted by Crippen LogP contribution is -2.63. The number of rotatable bonds is 7. The molecule has 4 heteroatoms. The quantitative estimate of drug-likeness (QED) is 0.465. The first-order valence-electron chi connectivity index (χ1n) is 11.6. The summed E-state index contributed by atoms with van der Waals surface area (Å²) in [5.41, 5.74) is 3.59. The number of hydrogen-bond acceptors (Lipinski definition) is 3. The van der Waals surface area contributed by atoms with Gasteiger partial charge in [-0.05, 0) is 73.0 Å². The van der Waals surface area contributed by atoms with Crippen LogP contribution in [0, 0.1) is 16.7 Å². The molecule has 0 aliphatic heterocycles. The van der Waals surface area contributed by atoms with Gasteiger partial charge in [-0.1, -0.05) is 60.1 Å². The molecular formula is C27H34BrNO2. The maximum absolute atomic E-state index is 6.33. The van der Waals surface area contributed by atoms with Gasteiger partial charge in [0.25, 0.3) is 0 Å². The minimum absolute atomic E-state index is 0.259. The van der Waals surface area contributed by atoms with Gasteiger partial charge in [-0.15, -0.1) is 0 Å². The SMILES string of the molecule is COc1cc(Br)cc(CNC23CC4C[C@@](C)(C2)C[C@](C)(C4)C3)c1OCc1ccccc1. The molecule has 1 N–H and O–H groups in total. The zero-order valence-corrected chi connectivity index (χ0v) is 20.6. The van der Waals surface area contributed by atoms with Crippen LogP contribution in [0.3, 0.4) is 0 Å². The highest BCUT2D eigenvalue weighted by molar-refractivity contribution is 9.10. The first-order chi connectivity index (χ1) is 14.8. The van der Waals surface area contributed by atoms with Crippen LogP contribution in [0.2, 0.25) is 0 Å². The van der Waals surface area contributed by atoms with Crippen molar-refractivity contribution in [2.24, 2.45) is 16.7 Å². The van der Waals surface area contributed by atoms with Gasteiger partial charge in [0.15, 0.2) is 11.5 Å². The highest BCUT2D eigenvalue weighted by Crippen LogP contribution is 2.66. The van der Waals surface area contributed by atoms with Crippen LogP contribution in [0.1, 0.15) is 63.5 Å². The Morgan fingerprint density at radius 2 is 1.71 bits per heavy atom. The molecule has 0 aromatic heterocycles. The maximum atomic E-state index is 6.33. The minimum Gasteiger partial charge on any atom is -0.493 e. The van der Waals surface area contributed by atoms with Crippen molar-refractivity contribution in [3.8, 4) is 11.5 Å². The summed E-state index contributed by atoms with van der Waals surface area (Å²) in [7, 11) is 1.72. The molecule has 2 aromatic carbocycles. The van der Waals surface area contributed by atoms with Crippen molar-refractivity contribution in [2.45, 2.75) is 71.1 Å².